The molecule has 194 valence electrons. The van der Waals surface area contributed by atoms with E-state index in [0.29, 0.717) is 17.9 Å². The largest absolute Gasteiger partial charge is 0.464 e. The Morgan fingerprint density at radius 3 is 2.28 bits per heavy atom. The molecule has 2 heterocycles. The van der Waals surface area contributed by atoms with Gasteiger partial charge in [-0.05, 0) is 139 Å². The van der Waals surface area contributed by atoms with E-state index in [4.69, 9.17) is 4.42 Å². The number of furan rings is 1. The zero-order valence-corrected chi connectivity index (χ0v) is 21.9. The minimum absolute atomic E-state index is 0.0144. The second-order valence-corrected chi connectivity index (χ2v) is 13.5. The van der Waals surface area contributed by atoms with Gasteiger partial charge < -0.3 is 14.6 Å². The Morgan fingerprint density at radius 2 is 1.58 bits per heavy atom. The third-order valence-corrected chi connectivity index (χ3v) is 11.1. The molecule has 0 atom stereocenters. The Labute approximate surface area is 216 Å². The van der Waals surface area contributed by atoms with Crippen LogP contribution in [0.5, 0.6) is 0 Å². The fourth-order valence-electron chi connectivity index (χ4n) is 9.47. The normalized spacial score (nSPS) is 36.9. The monoisotopic (exact) mass is 488 g/mol. The number of rotatable bonds is 6. The molecule has 36 heavy (non-hydrogen) atoms. The summed E-state index contributed by atoms with van der Waals surface area (Å²) >= 11 is 0. The highest BCUT2D eigenvalue weighted by Gasteiger charge is 2.54. The van der Waals surface area contributed by atoms with E-state index in [-0.39, 0.29) is 5.41 Å². The third kappa shape index (κ3) is 4.42. The Balaban J connectivity index is 0.845. The molecule has 4 bridgehead atoms. The van der Waals surface area contributed by atoms with Gasteiger partial charge in [0, 0.05) is 22.4 Å². The lowest BCUT2D eigenvalue weighted by molar-refractivity contribution is -0.147. The average molecular weight is 489 g/mol. The first-order valence-electron chi connectivity index (χ1n) is 15.1. The predicted molar refractivity (Wildman–Crippen MR) is 144 cm³/mol. The van der Waals surface area contributed by atoms with Gasteiger partial charge in [-0.15, -0.1) is 0 Å². The van der Waals surface area contributed by atoms with Crippen LogP contribution in [0.15, 0.2) is 34.9 Å². The van der Waals surface area contributed by atoms with Crippen LogP contribution in [0, 0.1) is 29.1 Å². The second-order valence-electron chi connectivity index (χ2n) is 13.5. The summed E-state index contributed by atoms with van der Waals surface area (Å²) < 4.78 is 5.81. The van der Waals surface area contributed by atoms with Crippen LogP contribution < -0.4 is 5.32 Å². The first-order valence-corrected chi connectivity index (χ1v) is 15.1. The minimum Gasteiger partial charge on any atom is -0.464 e. The number of amides is 1. The number of carbonyl (C=O) groups is 1. The SMILES string of the molecule is O=C(NC1CCC(CCN2CCC(c3coc4ccccc34)CC2)CC1)C12CC3CC(CC(C3)C1)C2. The molecule has 2 aromatic rings. The lowest BCUT2D eigenvalue weighted by Gasteiger charge is -2.56. The fraction of sp³-hybridized carbons (Fsp3) is 0.719. The lowest BCUT2D eigenvalue weighted by atomic mass is 9.49. The van der Waals surface area contributed by atoms with Crippen LogP contribution in [0.4, 0.5) is 0 Å². The summed E-state index contributed by atoms with van der Waals surface area (Å²) in [7, 11) is 0. The van der Waals surface area contributed by atoms with E-state index in [1.807, 2.05) is 6.26 Å². The first kappa shape index (κ1) is 23.3. The van der Waals surface area contributed by atoms with Crippen molar-refractivity contribution < 1.29 is 9.21 Å². The maximum atomic E-state index is 13.4. The summed E-state index contributed by atoms with van der Waals surface area (Å²) in [5.41, 5.74) is 2.46. The van der Waals surface area contributed by atoms with Gasteiger partial charge in [0.1, 0.15) is 5.58 Å². The van der Waals surface area contributed by atoms with Crippen molar-refractivity contribution in [3.8, 4) is 0 Å². The molecule has 1 saturated heterocycles. The van der Waals surface area contributed by atoms with Gasteiger partial charge in [0.15, 0.2) is 0 Å². The predicted octanol–water partition coefficient (Wildman–Crippen LogP) is 6.89. The van der Waals surface area contributed by atoms with Crippen molar-refractivity contribution in [1.82, 2.24) is 10.2 Å². The summed E-state index contributed by atoms with van der Waals surface area (Å²) in [5, 5.41) is 4.88. The van der Waals surface area contributed by atoms with Crippen LogP contribution in [0.2, 0.25) is 0 Å². The van der Waals surface area contributed by atoms with Gasteiger partial charge in [-0.3, -0.25) is 4.79 Å². The summed E-state index contributed by atoms with van der Waals surface area (Å²) in [5.74, 6) is 4.47. The molecule has 1 N–H and O–H groups in total. The smallest absolute Gasteiger partial charge is 0.226 e. The zero-order chi connectivity index (χ0) is 24.1. The molecular weight excluding hydrogens is 444 g/mol. The lowest BCUT2D eigenvalue weighted by Crippen LogP contribution is -2.55. The maximum absolute atomic E-state index is 13.4. The Kier molecular flexibility index (Phi) is 6.15. The number of hydrogen-bond donors (Lipinski definition) is 1. The number of hydrogen-bond acceptors (Lipinski definition) is 3. The number of para-hydroxylation sites is 1. The molecule has 6 fully saturated rings. The Morgan fingerprint density at radius 1 is 0.917 bits per heavy atom. The molecule has 1 amide bonds. The Hall–Kier alpha value is -1.81. The average Bonchev–Trinajstić information content (AvgIpc) is 3.32. The molecule has 1 aromatic carbocycles. The van der Waals surface area contributed by atoms with E-state index < -0.39 is 0 Å². The van der Waals surface area contributed by atoms with E-state index in [1.165, 1.54) is 114 Å². The summed E-state index contributed by atoms with van der Waals surface area (Å²) in [6.07, 6.45) is 18.6. The van der Waals surface area contributed by atoms with Crippen molar-refractivity contribution in [3.05, 3.63) is 36.1 Å². The molecule has 0 spiro atoms. The highest BCUT2D eigenvalue weighted by atomic mass is 16.3. The number of benzene rings is 1. The van der Waals surface area contributed by atoms with E-state index in [2.05, 4.69) is 34.5 Å². The summed E-state index contributed by atoms with van der Waals surface area (Å²) in [4.78, 5) is 16.1. The van der Waals surface area contributed by atoms with Crippen molar-refractivity contribution in [1.29, 1.82) is 0 Å². The highest BCUT2D eigenvalue weighted by Crippen LogP contribution is 2.60. The van der Waals surface area contributed by atoms with Crippen LogP contribution >= 0.6 is 0 Å². The molecule has 4 nitrogen and oxygen atoms in total. The van der Waals surface area contributed by atoms with E-state index in [9.17, 15) is 4.79 Å². The molecule has 5 aliphatic carbocycles. The molecular formula is C32H44N2O2. The highest BCUT2D eigenvalue weighted by molar-refractivity contribution is 5.83. The maximum Gasteiger partial charge on any atom is 0.226 e. The number of piperidine rings is 1. The van der Waals surface area contributed by atoms with Gasteiger partial charge in [0.05, 0.1) is 6.26 Å². The first-order chi connectivity index (χ1) is 17.6. The van der Waals surface area contributed by atoms with Crippen molar-refractivity contribution >= 4 is 16.9 Å². The number of fused-ring (bicyclic) bond motifs is 1. The molecule has 1 aromatic heterocycles. The Bertz CT molecular complexity index is 1040. The van der Waals surface area contributed by atoms with Gasteiger partial charge in [-0.2, -0.15) is 0 Å². The molecule has 8 rings (SSSR count). The van der Waals surface area contributed by atoms with Crippen LogP contribution in [0.1, 0.15) is 95.0 Å². The van der Waals surface area contributed by atoms with E-state index >= 15 is 0 Å². The van der Waals surface area contributed by atoms with Crippen LogP contribution in [0.25, 0.3) is 11.0 Å². The molecule has 5 saturated carbocycles. The minimum atomic E-state index is 0.0144. The van der Waals surface area contributed by atoms with Crippen molar-refractivity contribution in [2.24, 2.45) is 29.1 Å². The standard InChI is InChI=1S/C32H44N2O2/c35-31(32-18-23-15-24(19-32)17-25(16-23)20-32)33-27-7-5-22(6-8-27)9-12-34-13-10-26(11-14-34)29-21-36-30-4-2-1-3-28(29)30/h1-4,21-27H,5-20H2,(H,33,35). The summed E-state index contributed by atoms with van der Waals surface area (Å²) in [6, 6.07) is 8.91. The van der Waals surface area contributed by atoms with Crippen LogP contribution in [0.3, 0.4) is 0 Å². The molecule has 0 unspecified atom stereocenters. The quantitative estimate of drug-likeness (QED) is 0.481. The number of nitrogens with one attached hydrogen (secondary N) is 1. The van der Waals surface area contributed by atoms with Crippen LogP contribution in [-0.2, 0) is 4.79 Å². The van der Waals surface area contributed by atoms with Crippen molar-refractivity contribution in [2.75, 3.05) is 19.6 Å². The summed E-state index contributed by atoms with van der Waals surface area (Å²) in [6.45, 7) is 3.66. The van der Waals surface area contributed by atoms with E-state index in [1.54, 1.807) is 0 Å². The van der Waals surface area contributed by atoms with Gasteiger partial charge in [0.2, 0.25) is 5.91 Å². The van der Waals surface area contributed by atoms with E-state index in [0.717, 1.165) is 29.3 Å². The van der Waals surface area contributed by atoms with Crippen LogP contribution in [-0.4, -0.2) is 36.5 Å². The molecule has 0 radical (unpaired) electrons. The number of likely N-dealkylation sites (tertiary alicyclic amines) is 1. The molecule has 6 aliphatic rings. The van der Waals surface area contributed by atoms with Crippen molar-refractivity contribution in [3.63, 3.8) is 0 Å². The molecule has 4 heteroatoms. The number of carbonyl (C=O) groups excluding carboxylic acids is 1. The third-order valence-electron chi connectivity index (χ3n) is 11.1. The fourth-order valence-corrected chi connectivity index (χ4v) is 9.47. The topological polar surface area (TPSA) is 45.5 Å². The van der Waals surface area contributed by atoms with Gasteiger partial charge in [-0.1, -0.05) is 18.2 Å². The second kappa shape index (κ2) is 9.49. The van der Waals surface area contributed by atoms with Gasteiger partial charge >= 0.3 is 0 Å². The van der Waals surface area contributed by atoms with Gasteiger partial charge in [-0.25, -0.2) is 0 Å². The van der Waals surface area contributed by atoms with Crippen molar-refractivity contribution in [2.45, 2.75) is 95.4 Å². The number of nitrogens with zero attached hydrogens (tertiary/aromatic N) is 1. The zero-order valence-electron chi connectivity index (χ0n) is 21.9. The molecule has 1 aliphatic heterocycles. The van der Waals surface area contributed by atoms with Gasteiger partial charge in [0.25, 0.3) is 0 Å².